The number of fused-ring (bicyclic) bond motifs is 1. The topological polar surface area (TPSA) is 69.3 Å². The number of rotatable bonds is 8. The van der Waals surface area contributed by atoms with Crippen molar-refractivity contribution in [1.29, 1.82) is 0 Å². The van der Waals surface area contributed by atoms with Crippen molar-refractivity contribution in [3.8, 4) is 17.2 Å². The lowest BCUT2D eigenvalue weighted by Gasteiger charge is -2.40. The molecule has 0 aromatic heterocycles. The van der Waals surface area contributed by atoms with Crippen molar-refractivity contribution in [2.24, 2.45) is 0 Å². The molecule has 0 atom stereocenters. The molecule has 0 bridgehead atoms. The molecule has 0 radical (unpaired) electrons. The van der Waals surface area contributed by atoms with Crippen LogP contribution in [0.15, 0.2) is 42.5 Å². The molecule has 2 aliphatic heterocycles. The van der Waals surface area contributed by atoms with E-state index in [9.17, 15) is 4.79 Å². The number of ether oxygens (including phenoxy) is 4. The molecule has 7 nitrogen and oxygen atoms in total. The van der Waals surface area contributed by atoms with Gasteiger partial charge >= 0.3 is 0 Å². The third kappa shape index (κ3) is 5.61. The van der Waals surface area contributed by atoms with Gasteiger partial charge in [-0.1, -0.05) is 23.7 Å². The first kappa shape index (κ1) is 21.7. The fraction of sp³-hybridized carbons (Fsp3) is 0.435. The number of benzene rings is 2. The maximum absolute atomic E-state index is 12.4. The molecule has 2 aromatic carbocycles. The van der Waals surface area contributed by atoms with E-state index in [1.54, 1.807) is 13.2 Å². The predicted molar refractivity (Wildman–Crippen MR) is 117 cm³/mol. The summed E-state index contributed by atoms with van der Waals surface area (Å²) >= 11 is 6.02. The Morgan fingerprint density at radius 3 is 2.74 bits per heavy atom. The van der Waals surface area contributed by atoms with Crippen molar-refractivity contribution >= 4 is 17.5 Å². The van der Waals surface area contributed by atoms with E-state index in [1.165, 1.54) is 0 Å². The molecule has 1 fully saturated rings. The molecule has 31 heavy (non-hydrogen) atoms. The number of halogens is 1. The van der Waals surface area contributed by atoms with Crippen LogP contribution in [0.5, 0.6) is 17.2 Å². The number of amides is 1. The first-order valence-corrected chi connectivity index (χ1v) is 10.7. The standard InChI is InChI=1S/C23H27ClN2O5/c1-28-23(15-29-19-4-2-3-18(24)12-19)7-9-26(10-8-23)14-22(27)25-13-17-5-6-20-21(11-17)31-16-30-20/h2-6,11-12H,7-10,13-16H2,1H3,(H,25,27). The Kier molecular flexibility index (Phi) is 6.85. The van der Waals surface area contributed by atoms with Gasteiger partial charge in [-0.25, -0.2) is 0 Å². The second-order valence-corrected chi connectivity index (χ2v) is 8.31. The van der Waals surface area contributed by atoms with Crippen molar-refractivity contribution < 1.29 is 23.7 Å². The highest BCUT2D eigenvalue weighted by Gasteiger charge is 2.36. The molecular formula is C23H27ClN2O5. The van der Waals surface area contributed by atoms with Gasteiger partial charge in [0.05, 0.1) is 6.54 Å². The average Bonchev–Trinajstić information content (AvgIpc) is 3.25. The molecule has 2 aromatic rings. The number of hydrogen-bond donors (Lipinski definition) is 1. The fourth-order valence-electron chi connectivity index (χ4n) is 3.81. The minimum Gasteiger partial charge on any atom is -0.491 e. The summed E-state index contributed by atoms with van der Waals surface area (Å²) < 4.78 is 22.4. The molecule has 1 N–H and O–H groups in total. The maximum atomic E-state index is 12.4. The summed E-state index contributed by atoms with van der Waals surface area (Å²) in [6.07, 6.45) is 1.58. The number of hydrogen-bond acceptors (Lipinski definition) is 6. The Morgan fingerprint density at radius 1 is 1.16 bits per heavy atom. The second-order valence-electron chi connectivity index (χ2n) is 7.87. The van der Waals surface area contributed by atoms with Crippen molar-refractivity contribution in [1.82, 2.24) is 10.2 Å². The quantitative estimate of drug-likeness (QED) is 0.671. The highest BCUT2D eigenvalue weighted by Crippen LogP contribution is 2.32. The Labute approximate surface area is 187 Å². The number of carbonyl (C=O) groups is 1. The zero-order chi connectivity index (χ0) is 21.7. The predicted octanol–water partition coefficient (Wildman–Crippen LogP) is 3.24. The Morgan fingerprint density at radius 2 is 1.97 bits per heavy atom. The monoisotopic (exact) mass is 446 g/mol. The average molecular weight is 447 g/mol. The second kappa shape index (κ2) is 9.77. The molecule has 166 valence electrons. The zero-order valence-corrected chi connectivity index (χ0v) is 18.3. The Hall–Kier alpha value is -2.48. The van der Waals surface area contributed by atoms with Crippen LogP contribution >= 0.6 is 11.6 Å². The van der Waals surface area contributed by atoms with E-state index >= 15 is 0 Å². The van der Waals surface area contributed by atoms with Crippen LogP contribution in [0, 0.1) is 0 Å². The lowest BCUT2D eigenvalue weighted by molar-refractivity contribution is -0.125. The van der Waals surface area contributed by atoms with Crippen molar-refractivity contribution in [2.45, 2.75) is 25.0 Å². The van der Waals surface area contributed by atoms with Gasteiger partial charge in [-0.15, -0.1) is 0 Å². The zero-order valence-electron chi connectivity index (χ0n) is 17.6. The van der Waals surface area contributed by atoms with Gasteiger partial charge in [0.15, 0.2) is 11.5 Å². The van der Waals surface area contributed by atoms with Gasteiger partial charge in [0.25, 0.3) is 0 Å². The van der Waals surface area contributed by atoms with Crippen LogP contribution in [0.25, 0.3) is 0 Å². The first-order valence-electron chi connectivity index (χ1n) is 10.4. The van der Waals surface area contributed by atoms with E-state index in [1.807, 2.05) is 36.4 Å². The van der Waals surface area contributed by atoms with Crippen molar-refractivity contribution in [3.63, 3.8) is 0 Å². The molecule has 0 unspecified atom stereocenters. The van der Waals surface area contributed by atoms with Gasteiger partial charge < -0.3 is 24.3 Å². The lowest BCUT2D eigenvalue weighted by atomic mass is 9.92. The normalized spacial score (nSPS) is 17.4. The van der Waals surface area contributed by atoms with Gasteiger partial charge in [-0.3, -0.25) is 9.69 Å². The third-order valence-corrected chi connectivity index (χ3v) is 6.03. The highest BCUT2D eigenvalue weighted by atomic mass is 35.5. The number of piperidine rings is 1. The largest absolute Gasteiger partial charge is 0.491 e. The van der Waals surface area contributed by atoms with E-state index in [0.29, 0.717) is 24.7 Å². The Balaban J connectivity index is 1.21. The summed E-state index contributed by atoms with van der Waals surface area (Å²) in [4.78, 5) is 14.6. The number of nitrogens with zero attached hydrogens (tertiary/aromatic N) is 1. The van der Waals surface area contributed by atoms with Crippen LogP contribution in [-0.2, 0) is 16.1 Å². The number of carbonyl (C=O) groups excluding carboxylic acids is 1. The Bertz CT molecular complexity index is 915. The molecule has 1 amide bonds. The van der Waals surface area contributed by atoms with Gasteiger partial charge in [0.1, 0.15) is 18.0 Å². The lowest BCUT2D eigenvalue weighted by Crippen LogP contribution is -2.51. The fourth-order valence-corrected chi connectivity index (χ4v) is 3.99. The van der Waals surface area contributed by atoms with Crippen LogP contribution in [0.4, 0.5) is 0 Å². The smallest absolute Gasteiger partial charge is 0.234 e. The third-order valence-electron chi connectivity index (χ3n) is 5.79. The van der Waals surface area contributed by atoms with Gasteiger partial charge in [0.2, 0.25) is 12.7 Å². The van der Waals surface area contributed by atoms with Crippen LogP contribution < -0.4 is 19.5 Å². The summed E-state index contributed by atoms with van der Waals surface area (Å²) in [5.41, 5.74) is 0.620. The number of likely N-dealkylation sites (tertiary alicyclic amines) is 1. The maximum Gasteiger partial charge on any atom is 0.234 e. The summed E-state index contributed by atoms with van der Waals surface area (Å²) in [5.74, 6) is 2.19. The SMILES string of the molecule is COC1(COc2cccc(Cl)c2)CCN(CC(=O)NCc2ccc3c(c2)OCO3)CC1. The van der Waals surface area contributed by atoms with Crippen molar-refractivity contribution in [3.05, 3.63) is 53.1 Å². The summed E-state index contributed by atoms with van der Waals surface area (Å²) in [6.45, 7) is 3.05. The van der Waals surface area contributed by atoms with E-state index < -0.39 is 0 Å². The molecule has 0 aliphatic carbocycles. The summed E-state index contributed by atoms with van der Waals surface area (Å²) in [6, 6.07) is 13.1. The molecular weight excluding hydrogens is 420 g/mol. The molecule has 2 aliphatic rings. The van der Waals surface area contributed by atoms with Crippen LogP contribution in [0.1, 0.15) is 18.4 Å². The number of methoxy groups -OCH3 is 1. The van der Waals surface area contributed by atoms with Crippen LogP contribution in [-0.4, -0.2) is 56.6 Å². The molecule has 2 heterocycles. The van der Waals surface area contributed by atoms with Crippen molar-refractivity contribution in [2.75, 3.05) is 40.1 Å². The van der Waals surface area contributed by atoms with Gasteiger partial charge in [-0.05, 0) is 48.7 Å². The van der Waals surface area contributed by atoms with E-state index in [4.69, 9.17) is 30.5 Å². The molecule has 1 saturated heterocycles. The van der Waals surface area contributed by atoms with Gasteiger partial charge in [-0.2, -0.15) is 0 Å². The van der Waals surface area contributed by atoms with E-state index in [0.717, 1.165) is 48.7 Å². The molecule has 8 heteroatoms. The molecule has 4 rings (SSSR count). The molecule has 0 spiro atoms. The minimum absolute atomic E-state index is 0.00207. The summed E-state index contributed by atoms with van der Waals surface area (Å²) in [5, 5.41) is 3.62. The molecule has 0 saturated carbocycles. The van der Waals surface area contributed by atoms with Crippen LogP contribution in [0.2, 0.25) is 5.02 Å². The van der Waals surface area contributed by atoms with Gasteiger partial charge in [0, 0.05) is 31.8 Å². The first-order chi connectivity index (χ1) is 15.0. The highest BCUT2D eigenvalue weighted by molar-refractivity contribution is 6.30. The van der Waals surface area contributed by atoms with E-state index in [-0.39, 0.29) is 18.3 Å². The number of nitrogens with one attached hydrogen (secondary N) is 1. The van der Waals surface area contributed by atoms with Crippen LogP contribution in [0.3, 0.4) is 0 Å². The summed E-state index contributed by atoms with van der Waals surface area (Å²) in [7, 11) is 1.72. The van der Waals surface area contributed by atoms with E-state index in [2.05, 4.69) is 10.2 Å². The minimum atomic E-state index is -0.359.